The Kier molecular flexibility index (Phi) is 6.77. The number of nitrogens with zero attached hydrogens (tertiary/aromatic N) is 1. The van der Waals surface area contributed by atoms with E-state index in [0.717, 1.165) is 37.7 Å². The predicted molar refractivity (Wildman–Crippen MR) is 132 cm³/mol. The van der Waals surface area contributed by atoms with Gasteiger partial charge in [0.25, 0.3) is 5.91 Å². The standard InChI is InChI=1S/C28H31NO6/c1-3-4-7-14-34-22-13-12-18(16-23(22)32-2)25-24-26(30)20-10-5-6-11-21(20)35-27(24)28(31)29(25)17-19-9-8-15-33-19/h5-6,10-13,16,19,25H,3-4,7-9,14-15,17H2,1-2H3/t19-,25-/m1/s1. The van der Waals surface area contributed by atoms with Gasteiger partial charge in [0.2, 0.25) is 5.76 Å². The fourth-order valence-electron chi connectivity index (χ4n) is 5.02. The maximum atomic E-state index is 13.6. The van der Waals surface area contributed by atoms with E-state index in [1.807, 2.05) is 18.2 Å². The van der Waals surface area contributed by atoms with E-state index in [0.29, 0.717) is 47.8 Å². The average molecular weight is 478 g/mol. The molecule has 2 aliphatic heterocycles. The van der Waals surface area contributed by atoms with Crippen LogP contribution in [-0.4, -0.2) is 43.8 Å². The van der Waals surface area contributed by atoms with Crippen molar-refractivity contribution in [2.45, 2.75) is 51.2 Å². The Hall–Kier alpha value is -3.32. The molecule has 2 atom stereocenters. The van der Waals surface area contributed by atoms with Crippen LogP contribution < -0.4 is 14.9 Å². The summed E-state index contributed by atoms with van der Waals surface area (Å²) in [7, 11) is 1.60. The molecular weight excluding hydrogens is 446 g/mol. The summed E-state index contributed by atoms with van der Waals surface area (Å²) in [5.41, 5.74) is 1.37. The Morgan fingerprint density at radius 1 is 1.09 bits per heavy atom. The van der Waals surface area contributed by atoms with Gasteiger partial charge in [-0.25, -0.2) is 0 Å². The minimum absolute atomic E-state index is 0.0663. The van der Waals surface area contributed by atoms with Crippen molar-refractivity contribution in [1.82, 2.24) is 4.90 Å². The minimum atomic E-state index is -0.592. The van der Waals surface area contributed by atoms with E-state index >= 15 is 0 Å². The van der Waals surface area contributed by atoms with E-state index in [2.05, 4.69) is 6.92 Å². The number of hydrogen-bond donors (Lipinski definition) is 0. The summed E-state index contributed by atoms with van der Waals surface area (Å²) in [6.07, 6.45) is 4.96. The van der Waals surface area contributed by atoms with Crippen molar-refractivity contribution in [2.24, 2.45) is 0 Å². The van der Waals surface area contributed by atoms with Gasteiger partial charge in [-0.15, -0.1) is 0 Å². The third-order valence-corrected chi connectivity index (χ3v) is 6.81. The highest BCUT2D eigenvalue weighted by atomic mass is 16.5. The summed E-state index contributed by atoms with van der Waals surface area (Å²) in [4.78, 5) is 28.9. The number of amides is 1. The maximum absolute atomic E-state index is 13.6. The molecule has 1 aromatic heterocycles. The zero-order valence-corrected chi connectivity index (χ0v) is 20.2. The lowest BCUT2D eigenvalue weighted by molar-refractivity contribution is 0.0486. The third-order valence-electron chi connectivity index (χ3n) is 6.81. The van der Waals surface area contributed by atoms with Crippen molar-refractivity contribution in [3.63, 3.8) is 0 Å². The number of rotatable bonds is 9. The minimum Gasteiger partial charge on any atom is -0.493 e. The normalized spacial score (nSPS) is 19.4. The average Bonchev–Trinajstić information content (AvgIpc) is 3.49. The summed E-state index contributed by atoms with van der Waals surface area (Å²) in [5, 5.41) is 0.464. The molecule has 35 heavy (non-hydrogen) atoms. The first-order valence-electron chi connectivity index (χ1n) is 12.4. The maximum Gasteiger partial charge on any atom is 0.291 e. The molecule has 7 nitrogen and oxygen atoms in total. The lowest BCUT2D eigenvalue weighted by Crippen LogP contribution is -2.36. The fraction of sp³-hybridized carbons (Fsp3) is 0.429. The molecule has 1 fully saturated rings. The molecule has 7 heteroatoms. The highest BCUT2D eigenvalue weighted by Gasteiger charge is 2.44. The number of benzene rings is 2. The zero-order valence-electron chi connectivity index (χ0n) is 20.2. The van der Waals surface area contributed by atoms with Gasteiger partial charge in [0.15, 0.2) is 16.9 Å². The van der Waals surface area contributed by atoms with Gasteiger partial charge in [0.1, 0.15) is 5.58 Å². The first-order valence-corrected chi connectivity index (χ1v) is 12.4. The molecule has 184 valence electrons. The van der Waals surface area contributed by atoms with E-state index in [-0.39, 0.29) is 23.2 Å². The summed E-state index contributed by atoms with van der Waals surface area (Å²) < 4.78 is 23.4. The summed E-state index contributed by atoms with van der Waals surface area (Å²) in [6, 6.07) is 12.1. The van der Waals surface area contributed by atoms with Crippen LogP contribution >= 0.6 is 0 Å². The van der Waals surface area contributed by atoms with Crippen LogP contribution in [0.3, 0.4) is 0 Å². The van der Waals surface area contributed by atoms with Crippen LogP contribution in [-0.2, 0) is 4.74 Å². The molecule has 0 N–H and O–H groups in total. The smallest absolute Gasteiger partial charge is 0.291 e. The molecule has 2 aliphatic rings. The first kappa shape index (κ1) is 23.4. The number of fused-ring (bicyclic) bond motifs is 2. The monoisotopic (exact) mass is 477 g/mol. The molecule has 0 unspecified atom stereocenters. The second-order valence-corrected chi connectivity index (χ2v) is 9.13. The number of hydrogen-bond acceptors (Lipinski definition) is 6. The van der Waals surface area contributed by atoms with Gasteiger partial charge in [0, 0.05) is 13.2 Å². The Labute approximate surface area is 204 Å². The topological polar surface area (TPSA) is 78.2 Å². The van der Waals surface area contributed by atoms with Crippen LogP contribution in [0.15, 0.2) is 51.7 Å². The van der Waals surface area contributed by atoms with Crippen LogP contribution in [0.4, 0.5) is 0 Å². The number of para-hydroxylation sites is 1. The van der Waals surface area contributed by atoms with Crippen LogP contribution in [0, 0.1) is 0 Å². The van der Waals surface area contributed by atoms with Crippen molar-refractivity contribution >= 4 is 16.9 Å². The highest BCUT2D eigenvalue weighted by Crippen LogP contribution is 2.41. The van der Waals surface area contributed by atoms with Gasteiger partial charge >= 0.3 is 0 Å². The molecule has 3 heterocycles. The van der Waals surface area contributed by atoms with E-state index < -0.39 is 6.04 Å². The number of carbonyl (C=O) groups is 1. The van der Waals surface area contributed by atoms with Gasteiger partial charge in [-0.3, -0.25) is 9.59 Å². The van der Waals surface area contributed by atoms with Gasteiger partial charge < -0.3 is 23.5 Å². The third kappa shape index (κ3) is 4.41. The second-order valence-electron chi connectivity index (χ2n) is 9.13. The van der Waals surface area contributed by atoms with Gasteiger partial charge in [-0.1, -0.05) is 38.0 Å². The number of unbranched alkanes of at least 4 members (excludes halogenated alkanes) is 2. The van der Waals surface area contributed by atoms with E-state index in [1.54, 1.807) is 36.3 Å². The Balaban J connectivity index is 1.57. The molecule has 2 aromatic carbocycles. The molecule has 0 aliphatic carbocycles. The second kappa shape index (κ2) is 10.1. The Bertz CT molecular complexity index is 1280. The van der Waals surface area contributed by atoms with Crippen LogP contribution in [0.25, 0.3) is 11.0 Å². The van der Waals surface area contributed by atoms with Gasteiger partial charge in [-0.2, -0.15) is 0 Å². The molecule has 0 saturated carbocycles. The van der Waals surface area contributed by atoms with Crippen molar-refractivity contribution < 1.29 is 23.4 Å². The lowest BCUT2D eigenvalue weighted by Gasteiger charge is -2.28. The van der Waals surface area contributed by atoms with Crippen molar-refractivity contribution in [2.75, 3.05) is 26.9 Å². The quantitative estimate of drug-likeness (QED) is 0.399. The molecular formula is C28H31NO6. The predicted octanol–water partition coefficient (Wildman–Crippen LogP) is 5.09. The molecule has 0 bridgehead atoms. The Morgan fingerprint density at radius 2 is 1.94 bits per heavy atom. The van der Waals surface area contributed by atoms with Gasteiger partial charge in [0.05, 0.1) is 36.8 Å². The van der Waals surface area contributed by atoms with Gasteiger partial charge in [-0.05, 0) is 49.1 Å². The number of methoxy groups -OCH3 is 1. The summed E-state index contributed by atoms with van der Waals surface area (Å²) in [6.45, 7) is 3.83. The Morgan fingerprint density at radius 3 is 2.71 bits per heavy atom. The SMILES string of the molecule is CCCCCOc1ccc([C@@H]2c3c(oc4ccccc4c3=O)C(=O)N2C[C@H]2CCCO2)cc1OC. The first-order chi connectivity index (χ1) is 17.1. The van der Waals surface area contributed by atoms with E-state index in [4.69, 9.17) is 18.6 Å². The van der Waals surface area contributed by atoms with Crippen molar-refractivity contribution in [1.29, 1.82) is 0 Å². The van der Waals surface area contributed by atoms with Crippen LogP contribution in [0.5, 0.6) is 11.5 Å². The largest absolute Gasteiger partial charge is 0.493 e. The highest BCUT2D eigenvalue weighted by molar-refractivity contribution is 5.99. The van der Waals surface area contributed by atoms with E-state index in [1.165, 1.54) is 0 Å². The molecule has 1 saturated heterocycles. The molecule has 0 spiro atoms. The van der Waals surface area contributed by atoms with Crippen molar-refractivity contribution in [3.05, 3.63) is 69.6 Å². The number of carbonyl (C=O) groups excluding carboxylic acids is 1. The van der Waals surface area contributed by atoms with Crippen molar-refractivity contribution in [3.8, 4) is 11.5 Å². The summed E-state index contributed by atoms with van der Waals surface area (Å²) >= 11 is 0. The lowest BCUT2D eigenvalue weighted by atomic mass is 9.97. The van der Waals surface area contributed by atoms with Crippen LogP contribution in [0.1, 0.15) is 66.8 Å². The molecule has 5 rings (SSSR count). The van der Waals surface area contributed by atoms with Crippen LogP contribution in [0.2, 0.25) is 0 Å². The zero-order chi connectivity index (χ0) is 24.4. The fourth-order valence-corrected chi connectivity index (χ4v) is 5.02. The van der Waals surface area contributed by atoms with E-state index in [9.17, 15) is 9.59 Å². The molecule has 1 amide bonds. The summed E-state index contributed by atoms with van der Waals surface area (Å²) in [5.74, 6) is 1.04. The molecule has 3 aromatic rings. The molecule has 0 radical (unpaired) electrons. The number of ether oxygens (including phenoxy) is 3.